The summed E-state index contributed by atoms with van der Waals surface area (Å²) in [5, 5.41) is 0.271. The first-order valence-corrected chi connectivity index (χ1v) is 8.37. The van der Waals surface area contributed by atoms with Gasteiger partial charge in [-0.15, -0.1) is 0 Å². The maximum Gasteiger partial charge on any atom is 0.243 e. The first kappa shape index (κ1) is 18.2. The fourth-order valence-electron chi connectivity index (χ4n) is 1.99. The highest BCUT2D eigenvalue weighted by Crippen LogP contribution is 2.32. The average molecular weight is 335 g/mol. The molecule has 1 rings (SSSR count). The van der Waals surface area contributed by atoms with Crippen LogP contribution in [-0.4, -0.2) is 40.0 Å². The second-order valence-electron chi connectivity index (χ2n) is 5.88. The molecule has 0 fully saturated rings. The van der Waals surface area contributed by atoms with Gasteiger partial charge in [0.05, 0.1) is 17.0 Å². The maximum absolute atomic E-state index is 12.7. The number of sulfonamides is 1. The van der Waals surface area contributed by atoms with E-state index in [1.165, 1.54) is 17.5 Å². The van der Waals surface area contributed by atoms with Crippen molar-refractivity contribution in [1.82, 2.24) is 4.31 Å². The summed E-state index contributed by atoms with van der Waals surface area (Å²) >= 11 is 6.04. The highest BCUT2D eigenvalue weighted by Gasteiger charge is 2.29. The Hall–Kier alpha value is -0.820. The number of ether oxygens (including phenoxy) is 1. The molecule has 5 nitrogen and oxygen atoms in total. The molecule has 120 valence electrons. The molecule has 0 saturated carbocycles. The second kappa shape index (κ2) is 6.52. The smallest absolute Gasteiger partial charge is 0.243 e. The van der Waals surface area contributed by atoms with Gasteiger partial charge in [0.25, 0.3) is 0 Å². The SMILES string of the molecule is COc1cc(C)c(S(=O)(=O)N(C)CC(C)(C)CN)cc1Cl. The number of hydrogen-bond donors (Lipinski definition) is 1. The summed E-state index contributed by atoms with van der Waals surface area (Å²) in [6.45, 7) is 6.29. The topological polar surface area (TPSA) is 72.6 Å². The molecule has 21 heavy (non-hydrogen) atoms. The molecule has 1 aromatic carbocycles. The van der Waals surface area contributed by atoms with Crippen LogP contribution in [0.25, 0.3) is 0 Å². The van der Waals surface area contributed by atoms with Crippen molar-refractivity contribution in [3.63, 3.8) is 0 Å². The molecule has 2 N–H and O–H groups in total. The minimum Gasteiger partial charge on any atom is -0.495 e. The molecule has 0 aliphatic rings. The van der Waals surface area contributed by atoms with E-state index in [0.717, 1.165) is 0 Å². The Morgan fingerprint density at radius 1 is 1.38 bits per heavy atom. The Balaban J connectivity index is 3.22. The summed E-state index contributed by atoms with van der Waals surface area (Å²) in [7, 11) is -0.586. The Morgan fingerprint density at radius 2 is 1.95 bits per heavy atom. The van der Waals surface area contributed by atoms with E-state index in [0.29, 0.717) is 24.4 Å². The lowest BCUT2D eigenvalue weighted by atomic mass is 9.94. The lowest BCUT2D eigenvalue weighted by Crippen LogP contribution is -2.39. The van der Waals surface area contributed by atoms with Crippen LogP contribution in [0.4, 0.5) is 0 Å². The van der Waals surface area contributed by atoms with Gasteiger partial charge in [0.2, 0.25) is 10.0 Å². The lowest BCUT2D eigenvalue weighted by Gasteiger charge is -2.29. The molecule has 1 aromatic rings. The first-order chi connectivity index (χ1) is 9.55. The predicted octanol–water partition coefficient (Wildman–Crippen LogP) is 2.26. The van der Waals surface area contributed by atoms with Crippen LogP contribution >= 0.6 is 11.6 Å². The molecule has 0 amide bonds. The first-order valence-electron chi connectivity index (χ1n) is 6.55. The van der Waals surface area contributed by atoms with Gasteiger partial charge in [0, 0.05) is 13.6 Å². The zero-order valence-electron chi connectivity index (χ0n) is 13.1. The molecular weight excluding hydrogens is 312 g/mol. The van der Waals surface area contributed by atoms with E-state index >= 15 is 0 Å². The van der Waals surface area contributed by atoms with Crippen LogP contribution in [0.3, 0.4) is 0 Å². The lowest BCUT2D eigenvalue weighted by molar-refractivity contribution is 0.292. The van der Waals surface area contributed by atoms with Crippen molar-refractivity contribution in [2.45, 2.75) is 25.7 Å². The summed E-state index contributed by atoms with van der Waals surface area (Å²) in [5.41, 5.74) is 5.96. The number of rotatable bonds is 6. The van der Waals surface area contributed by atoms with Crippen LogP contribution < -0.4 is 10.5 Å². The average Bonchev–Trinajstić information content (AvgIpc) is 2.40. The third-order valence-corrected chi connectivity index (χ3v) is 5.58. The Morgan fingerprint density at radius 3 is 2.43 bits per heavy atom. The standard InChI is InChI=1S/C14H23ClN2O3S/c1-10-6-12(20-5)11(15)7-13(10)21(18,19)17(4)9-14(2,3)8-16/h6-7H,8-9,16H2,1-5H3. The van der Waals surface area contributed by atoms with E-state index in [4.69, 9.17) is 22.1 Å². The summed E-state index contributed by atoms with van der Waals surface area (Å²) in [6, 6.07) is 3.05. The van der Waals surface area contributed by atoms with E-state index in [2.05, 4.69) is 0 Å². The highest BCUT2D eigenvalue weighted by atomic mass is 35.5. The summed E-state index contributed by atoms with van der Waals surface area (Å²) in [5.74, 6) is 0.457. The third kappa shape index (κ3) is 4.10. The number of nitrogens with zero attached hydrogens (tertiary/aromatic N) is 1. The van der Waals surface area contributed by atoms with Gasteiger partial charge in [-0.25, -0.2) is 12.7 Å². The van der Waals surface area contributed by atoms with Crippen molar-refractivity contribution in [3.05, 3.63) is 22.7 Å². The van der Waals surface area contributed by atoms with Crippen molar-refractivity contribution in [3.8, 4) is 5.75 Å². The zero-order valence-corrected chi connectivity index (χ0v) is 14.7. The number of nitrogens with two attached hydrogens (primary N) is 1. The van der Waals surface area contributed by atoms with E-state index in [-0.39, 0.29) is 15.3 Å². The van der Waals surface area contributed by atoms with Gasteiger partial charge in [-0.1, -0.05) is 25.4 Å². The molecule has 0 saturated heterocycles. The van der Waals surface area contributed by atoms with Crippen LogP contribution in [0, 0.1) is 12.3 Å². The number of benzene rings is 1. The summed E-state index contributed by atoms with van der Waals surface area (Å²) in [4.78, 5) is 0.184. The normalized spacial score (nSPS) is 12.8. The molecule has 0 aromatic heterocycles. The molecule has 7 heteroatoms. The van der Waals surface area contributed by atoms with Gasteiger partial charge >= 0.3 is 0 Å². The molecule has 0 radical (unpaired) electrons. The van der Waals surface area contributed by atoms with Crippen LogP contribution in [0.2, 0.25) is 5.02 Å². The van der Waals surface area contributed by atoms with Gasteiger partial charge in [-0.3, -0.25) is 0 Å². The molecule has 0 atom stereocenters. The molecule has 0 bridgehead atoms. The number of hydrogen-bond acceptors (Lipinski definition) is 4. The molecule has 0 unspecified atom stereocenters. The van der Waals surface area contributed by atoms with Crippen molar-refractivity contribution < 1.29 is 13.2 Å². The van der Waals surface area contributed by atoms with Crippen LogP contribution in [0.5, 0.6) is 5.75 Å². The predicted molar refractivity (Wildman–Crippen MR) is 85.4 cm³/mol. The van der Waals surface area contributed by atoms with Crippen molar-refractivity contribution in [2.24, 2.45) is 11.1 Å². The van der Waals surface area contributed by atoms with E-state index in [1.54, 1.807) is 20.0 Å². The summed E-state index contributed by atoms with van der Waals surface area (Å²) in [6.07, 6.45) is 0. The van der Waals surface area contributed by atoms with E-state index in [9.17, 15) is 8.42 Å². The monoisotopic (exact) mass is 334 g/mol. The molecule has 0 spiro atoms. The number of aryl methyl sites for hydroxylation is 1. The minimum absolute atomic E-state index is 0.184. The van der Waals surface area contributed by atoms with E-state index in [1.807, 2.05) is 13.8 Å². The highest BCUT2D eigenvalue weighted by molar-refractivity contribution is 7.89. The molecular formula is C14H23ClN2O3S. The molecule has 0 aliphatic carbocycles. The fraction of sp³-hybridized carbons (Fsp3) is 0.571. The zero-order chi connectivity index (χ0) is 16.4. The summed E-state index contributed by atoms with van der Waals surface area (Å²) < 4.78 is 31.8. The molecule has 0 aliphatic heterocycles. The Labute approximate surface area is 132 Å². The fourth-order valence-corrected chi connectivity index (χ4v) is 3.88. The van der Waals surface area contributed by atoms with Crippen molar-refractivity contribution >= 4 is 21.6 Å². The van der Waals surface area contributed by atoms with Gasteiger partial charge in [-0.2, -0.15) is 0 Å². The number of halogens is 1. The molecule has 0 heterocycles. The van der Waals surface area contributed by atoms with Gasteiger partial charge in [-0.05, 0) is 36.6 Å². The van der Waals surface area contributed by atoms with Crippen molar-refractivity contribution in [2.75, 3.05) is 27.2 Å². The number of methoxy groups -OCH3 is 1. The van der Waals surface area contributed by atoms with E-state index < -0.39 is 10.0 Å². The second-order valence-corrected chi connectivity index (χ2v) is 8.30. The minimum atomic E-state index is -3.62. The van der Waals surface area contributed by atoms with Crippen molar-refractivity contribution in [1.29, 1.82) is 0 Å². The largest absolute Gasteiger partial charge is 0.495 e. The maximum atomic E-state index is 12.7. The Bertz CT molecular complexity index is 615. The van der Waals surface area contributed by atoms with Crippen LogP contribution in [0.15, 0.2) is 17.0 Å². The van der Waals surface area contributed by atoms with Gasteiger partial charge in [0.1, 0.15) is 5.75 Å². The Kier molecular flexibility index (Phi) is 5.66. The third-order valence-electron chi connectivity index (χ3n) is 3.34. The van der Waals surface area contributed by atoms with Crippen LogP contribution in [0.1, 0.15) is 19.4 Å². The quantitative estimate of drug-likeness (QED) is 0.866. The van der Waals surface area contributed by atoms with Crippen LogP contribution in [-0.2, 0) is 10.0 Å². The van der Waals surface area contributed by atoms with Gasteiger partial charge in [0.15, 0.2) is 0 Å². The van der Waals surface area contributed by atoms with Gasteiger partial charge < -0.3 is 10.5 Å².